The van der Waals surface area contributed by atoms with E-state index in [1.54, 1.807) is 16.2 Å². The summed E-state index contributed by atoms with van der Waals surface area (Å²) in [6.07, 6.45) is 1.77. The second-order valence-electron chi connectivity index (χ2n) is 6.48. The predicted octanol–water partition coefficient (Wildman–Crippen LogP) is 3.82. The van der Waals surface area contributed by atoms with Crippen LogP contribution in [0.2, 0.25) is 0 Å². The highest BCUT2D eigenvalue weighted by molar-refractivity contribution is 7.71. The van der Waals surface area contributed by atoms with Gasteiger partial charge in [0.05, 0.1) is 4.88 Å². The Bertz CT molecular complexity index is 1040. The number of aromatic nitrogens is 3. The van der Waals surface area contributed by atoms with Crippen molar-refractivity contribution in [2.24, 2.45) is 0 Å². The molecule has 0 spiro atoms. The average Bonchev–Trinajstić information content (AvgIpc) is 3.42. The number of thiophene rings is 1. The van der Waals surface area contributed by atoms with Gasteiger partial charge in [0.15, 0.2) is 10.6 Å². The van der Waals surface area contributed by atoms with Crippen LogP contribution in [0.1, 0.15) is 19.3 Å². The van der Waals surface area contributed by atoms with Crippen LogP contribution in [0.3, 0.4) is 0 Å². The van der Waals surface area contributed by atoms with Crippen molar-refractivity contribution in [2.75, 3.05) is 16.8 Å². The number of nitrogens with one attached hydrogen (secondary N) is 2. The van der Waals surface area contributed by atoms with Gasteiger partial charge in [0, 0.05) is 37.3 Å². The van der Waals surface area contributed by atoms with E-state index in [0.717, 1.165) is 29.4 Å². The number of hydrogen-bond donors (Lipinski definition) is 2. The van der Waals surface area contributed by atoms with E-state index < -0.39 is 0 Å². The smallest absolute Gasteiger partial charge is 0.227 e. The normalized spacial score (nSPS) is 13.9. The van der Waals surface area contributed by atoms with Gasteiger partial charge in [-0.2, -0.15) is 5.10 Å². The first kappa shape index (κ1) is 18.6. The zero-order chi connectivity index (χ0) is 19.5. The Hall–Kier alpha value is -2.78. The predicted molar refractivity (Wildman–Crippen MR) is 112 cm³/mol. The summed E-state index contributed by atoms with van der Waals surface area (Å²) in [6, 6.07) is 11.3. The highest BCUT2D eigenvalue weighted by Crippen LogP contribution is 2.24. The molecule has 1 fully saturated rings. The minimum atomic E-state index is -0.106. The zero-order valence-electron chi connectivity index (χ0n) is 15.1. The van der Waals surface area contributed by atoms with Crippen LogP contribution in [0.25, 0.3) is 10.7 Å². The summed E-state index contributed by atoms with van der Waals surface area (Å²) < 4.78 is 2.33. The van der Waals surface area contributed by atoms with Crippen molar-refractivity contribution in [3.8, 4) is 10.7 Å². The molecule has 2 amide bonds. The minimum Gasteiger partial charge on any atom is -0.326 e. The molecular weight excluding hydrogens is 394 g/mol. The summed E-state index contributed by atoms with van der Waals surface area (Å²) in [5, 5.41) is 11.9. The van der Waals surface area contributed by atoms with Crippen LogP contribution >= 0.6 is 23.6 Å². The van der Waals surface area contributed by atoms with Gasteiger partial charge in [0.1, 0.15) is 0 Å². The molecular formula is C19H19N5O2S2. The van der Waals surface area contributed by atoms with Crippen molar-refractivity contribution in [2.45, 2.75) is 25.8 Å². The Balaban J connectivity index is 1.37. The molecule has 1 aliphatic rings. The quantitative estimate of drug-likeness (QED) is 0.602. The molecule has 0 bridgehead atoms. The molecule has 0 radical (unpaired) electrons. The first-order valence-corrected chi connectivity index (χ1v) is 10.3. The molecule has 4 rings (SSSR count). The molecule has 3 aromatic rings. The number of H-pyrrole nitrogens is 1. The van der Waals surface area contributed by atoms with Crippen molar-refractivity contribution in [3.05, 3.63) is 46.5 Å². The first-order chi connectivity index (χ1) is 13.6. The van der Waals surface area contributed by atoms with Gasteiger partial charge < -0.3 is 10.2 Å². The highest BCUT2D eigenvalue weighted by Gasteiger charge is 2.21. The van der Waals surface area contributed by atoms with E-state index in [4.69, 9.17) is 12.2 Å². The van der Waals surface area contributed by atoms with E-state index in [1.165, 1.54) is 0 Å². The summed E-state index contributed by atoms with van der Waals surface area (Å²) in [5.41, 5.74) is 1.57. The lowest BCUT2D eigenvalue weighted by Crippen LogP contribution is -2.23. The zero-order valence-corrected chi connectivity index (χ0v) is 16.7. The first-order valence-electron chi connectivity index (χ1n) is 9.01. The van der Waals surface area contributed by atoms with Gasteiger partial charge in [-0.3, -0.25) is 19.3 Å². The molecule has 7 nitrogen and oxygen atoms in total. The number of rotatable bonds is 6. The molecule has 2 aromatic heterocycles. The van der Waals surface area contributed by atoms with Crippen molar-refractivity contribution in [1.82, 2.24) is 14.8 Å². The lowest BCUT2D eigenvalue weighted by molar-refractivity contribution is -0.117. The molecule has 1 saturated heterocycles. The minimum absolute atomic E-state index is 0.106. The van der Waals surface area contributed by atoms with Crippen LogP contribution < -0.4 is 10.2 Å². The Morgan fingerprint density at radius 3 is 2.79 bits per heavy atom. The lowest BCUT2D eigenvalue weighted by Gasteiger charge is -2.16. The van der Waals surface area contributed by atoms with Crippen LogP contribution in [0.15, 0.2) is 41.8 Å². The number of amides is 2. The van der Waals surface area contributed by atoms with Crippen LogP contribution in [0.4, 0.5) is 11.4 Å². The number of carbonyl (C=O) groups is 2. The van der Waals surface area contributed by atoms with E-state index in [9.17, 15) is 9.59 Å². The van der Waals surface area contributed by atoms with Crippen LogP contribution in [0.5, 0.6) is 0 Å². The van der Waals surface area contributed by atoms with Crippen molar-refractivity contribution >= 4 is 46.7 Å². The highest BCUT2D eigenvalue weighted by atomic mass is 32.1. The Labute approximate surface area is 171 Å². The second kappa shape index (κ2) is 8.07. The third kappa shape index (κ3) is 3.90. The maximum Gasteiger partial charge on any atom is 0.227 e. The van der Waals surface area contributed by atoms with Gasteiger partial charge in [-0.15, -0.1) is 11.3 Å². The number of hydrogen-bond acceptors (Lipinski definition) is 5. The number of aromatic amines is 1. The van der Waals surface area contributed by atoms with E-state index in [0.29, 0.717) is 23.4 Å². The van der Waals surface area contributed by atoms with E-state index in [-0.39, 0.29) is 18.2 Å². The van der Waals surface area contributed by atoms with Crippen molar-refractivity contribution in [3.63, 3.8) is 0 Å². The van der Waals surface area contributed by atoms with Crippen molar-refractivity contribution in [1.29, 1.82) is 0 Å². The Kier molecular flexibility index (Phi) is 5.36. The molecule has 28 heavy (non-hydrogen) atoms. The summed E-state index contributed by atoms with van der Waals surface area (Å²) in [4.78, 5) is 26.9. The van der Waals surface area contributed by atoms with Gasteiger partial charge >= 0.3 is 0 Å². The molecule has 2 N–H and O–H groups in total. The Morgan fingerprint density at radius 2 is 2.11 bits per heavy atom. The maximum absolute atomic E-state index is 12.4. The Morgan fingerprint density at radius 1 is 1.29 bits per heavy atom. The van der Waals surface area contributed by atoms with Gasteiger partial charge in [-0.05, 0) is 54.4 Å². The topological polar surface area (TPSA) is 83.0 Å². The summed E-state index contributed by atoms with van der Waals surface area (Å²) in [7, 11) is 0. The molecule has 144 valence electrons. The van der Waals surface area contributed by atoms with Gasteiger partial charge in [0.2, 0.25) is 11.8 Å². The van der Waals surface area contributed by atoms with Crippen LogP contribution in [-0.2, 0) is 16.1 Å². The van der Waals surface area contributed by atoms with Gasteiger partial charge in [0.25, 0.3) is 0 Å². The van der Waals surface area contributed by atoms with E-state index in [1.807, 2.05) is 46.3 Å². The standard InChI is InChI=1S/C19H19N5O2S2/c25-16(9-11-24-18(21-22-19(24)27)15-3-2-12-28-15)20-13-5-7-14(8-6-13)23-10-1-4-17(23)26/h2-3,5-8,12H,1,4,9-11H2,(H,20,25)(H,22,27). The van der Waals surface area contributed by atoms with Crippen LogP contribution in [-0.4, -0.2) is 33.1 Å². The molecule has 1 aromatic carbocycles. The molecule has 1 aliphatic heterocycles. The fraction of sp³-hybridized carbons (Fsp3) is 0.263. The summed E-state index contributed by atoms with van der Waals surface area (Å²) in [5.74, 6) is 0.785. The average molecular weight is 414 g/mol. The molecule has 3 heterocycles. The number of carbonyl (C=O) groups excluding carboxylic acids is 2. The molecule has 0 unspecified atom stereocenters. The lowest BCUT2D eigenvalue weighted by atomic mass is 10.2. The van der Waals surface area contributed by atoms with Crippen molar-refractivity contribution < 1.29 is 9.59 Å². The van der Waals surface area contributed by atoms with Crippen LogP contribution in [0, 0.1) is 4.77 Å². The summed E-state index contributed by atoms with van der Waals surface area (Å²) in [6.45, 7) is 1.19. The fourth-order valence-electron chi connectivity index (χ4n) is 3.20. The summed E-state index contributed by atoms with van der Waals surface area (Å²) >= 11 is 6.86. The van der Waals surface area contributed by atoms with Gasteiger partial charge in [-0.1, -0.05) is 6.07 Å². The maximum atomic E-state index is 12.4. The number of benzene rings is 1. The number of nitrogens with zero attached hydrogens (tertiary/aromatic N) is 3. The molecule has 0 atom stereocenters. The SMILES string of the molecule is O=C(CCn1c(-c2cccs2)n[nH]c1=S)Nc1ccc(N2CCCC2=O)cc1. The molecule has 0 aliphatic carbocycles. The van der Waals surface area contributed by atoms with E-state index in [2.05, 4.69) is 15.5 Å². The third-order valence-electron chi connectivity index (χ3n) is 4.60. The van der Waals surface area contributed by atoms with E-state index >= 15 is 0 Å². The third-order valence-corrected chi connectivity index (χ3v) is 5.78. The largest absolute Gasteiger partial charge is 0.326 e. The van der Waals surface area contributed by atoms with Gasteiger partial charge in [-0.25, -0.2) is 0 Å². The molecule has 9 heteroatoms. The monoisotopic (exact) mass is 413 g/mol. The molecule has 0 saturated carbocycles. The fourth-order valence-corrected chi connectivity index (χ4v) is 4.15. The second-order valence-corrected chi connectivity index (χ2v) is 7.81. The number of anilines is 2.